The molecule has 0 saturated carbocycles. The van der Waals surface area contributed by atoms with Gasteiger partial charge in [0.1, 0.15) is 11.5 Å². The second-order valence-electron chi connectivity index (χ2n) is 4.36. The maximum absolute atomic E-state index is 11.9. The van der Waals surface area contributed by atoms with Crippen molar-refractivity contribution in [1.82, 2.24) is 0 Å². The van der Waals surface area contributed by atoms with E-state index in [1.165, 1.54) is 18.2 Å². The van der Waals surface area contributed by atoms with Gasteiger partial charge in [0.25, 0.3) is 5.91 Å². The molecule has 0 saturated heterocycles. The molecule has 2 aromatic rings. The molecule has 0 aromatic heterocycles. The Hall–Kier alpha value is -2.44. The largest absolute Gasteiger partial charge is 0.482 e. The Kier molecular flexibility index (Phi) is 5.67. The van der Waals surface area contributed by atoms with Crippen molar-refractivity contribution in [3.63, 3.8) is 0 Å². The molecule has 0 fully saturated rings. The molecule has 0 atom stereocenters. The highest BCUT2D eigenvalue weighted by atomic mass is 35.5. The van der Waals surface area contributed by atoms with Crippen LogP contribution in [-0.4, -0.2) is 18.6 Å². The van der Waals surface area contributed by atoms with E-state index in [9.17, 15) is 9.59 Å². The zero-order valence-electron chi connectivity index (χ0n) is 11.7. The van der Waals surface area contributed by atoms with Gasteiger partial charge in [-0.25, -0.2) is 4.79 Å². The monoisotopic (exact) mass is 354 g/mol. The third-order valence-corrected chi connectivity index (χ3v) is 3.12. The van der Waals surface area contributed by atoms with Crippen LogP contribution in [0.2, 0.25) is 10.0 Å². The molecule has 23 heavy (non-hydrogen) atoms. The van der Waals surface area contributed by atoms with Crippen molar-refractivity contribution in [3.8, 4) is 11.5 Å². The van der Waals surface area contributed by atoms with Crippen LogP contribution in [0.5, 0.6) is 11.5 Å². The predicted molar refractivity (Wildman–Crippen MR) is 87.2 cm³/mol. The summed E-state index contributed by atoms with van der Waals surface area (Å²) in [5, 5.41) is 3.37. The summed E-state index contributed by atoms with van der Waals surface area (Å²) >= 11 is 11.7. The van der Waals surface area contributed by atoms with E-state index >= 15 is 0 Å². The van der Waals surface area contributed by atoms with Crippen LogP contribution in [0.4, 0.5) is 10.5 Å². The molecular formula is C15H12Cl2N2O4. The molecule has 0 bridgehead atoms. The number of carbonyl (C=O) groups excluding carboxylic acids is 2. The van der Waals surface area contributed by atoms with E-state index in [0.29, 0.717) is 21.5 Å². The third-order valence-electron chi connectivity index (χ3n) is 2.59. The lowest BCUT2D eigenvalue weighted by Crippen LogP contribution is -2.20. The number of anilines is 1. The van der Waals surface area contributed by atoms with Crippen LogP contribution >= 0.6 is 23.2 Å². The van der Waals surface area contributed by atoms with Crippen LogP contribution in [0, 0.1) is 0 Å². The normalized spacial score (nSPS) is 10.0. The zero-order valence-corrected chi connectivity index (χ0v) is 13.2. The summed E-state index contributed by atoms with van der Waals surface area (Å²) in [5.41, 5.74) is 5.35. The molecule has 6 nitrogen and oxygen atoms in total. The number of ether oxygens (including phenoxy) is 2. The van der Waals surface area contributed by atoms with Gasteiger partial charge in [0.2, 0.25) is 0 Å². The summed E-state index contributed by atoms with van der Waals surface area (Å²) in [6.45, 7) is -0.248. The topological polar surface area (TPSA) is 90.7 Å². The van der Waals surface area contributed by atoms with Crippen molar-refractivity contribution in [2.24, 2.45) is 5.73 Å². The molecule has 0 unspecified atom stereocenters. The lowest BCUT2D eigenvalue weighted by atomic mass is 10.3. The van der Waals surface area contributed by atoms with E-state index in [1.807, 2.05) is 0 Å². The Labute approximate surface area is 142 Å². The molecule has 0 radical (unpaired) electrons. The Bertz CT molecular complexity index is 737. The molecule has 2 rings (SSSR count). The highest BCUT2D eigenvalue weighted by Gasteiger charge is 2.08. The summed E-state index contributed by atoms with van der Waals surface area (Å²) < 4.78 is 10.0. The molecule has 0 aliphatic rings. The average molecular weight is 355 g/mol. The van der Waals surface area contributed by atoms with Crippen LogP contribution in [-0.2, 0) is 4.79 Å². The quantitative estimate of drug-likeness (QED) is 0.859. The SMILES string of the molecule is NC(=O)Oc1cccc(NC(=O)COc2ccc(Cl)cc2Cl)c1. The first kappa shape index (κ1) is 16.9. The van der Waals surface area contributed by atoms with Gasteiger partial charge >= 0.3 is 6.09 Å². The Morgan fingerprint density at radius 1 is 1.13 bits per heavy atom. The van der Waals surface area contributed by atoms with Crippen LogP contribution in [0.3, 0.4) is 0 Å². The summed E-state index contributed by atoms with van der Waals surface area (Å²) in [6.07, 6.45) is -0.936. The number of rotatable bonds is 5. The minimum atomic E-state index is -0.936. The zero-order chi connectivity index (χ0) is 16.8. The Morgan fingerprint density at radius 2 is 1.91 bits per heavy atom. The number of halogens is 2. The fraction of sp³-hybridized carbons (Fsp3) is 0.0667. The first-order chi connectivity index (χ1) is 10.9. The summed E-state index contributed by atoms with van der Waals surface area (Å²) in [4.78, 5) is 22.5. The van der Waals surface area contributed by atoms with Gasteiger partial charge < -0.3 is 20.5 Å². The average Bonchev–Trinajstić information content (AvgIpc) is 2.46. The van der Waals surface area contributed by atoms with E-state index in [4.69, 9.17) is 38.4 Å². The fourth-order valence-corrected chi connectivity index (χ4v) is 2.15. The van der Waals surface area contributed by atoms with Gasteiger partial charge in [-0.05, 0) is 30.3 Å². The van der Waals surface area contributed by atoms with Gasteiger partial charge in [0.15, 0.2) is 6.61 Å². The van der Waals surface area contributed by atoms with E-state index in [2.05, 4.69) is 5.32 Å². The van der Waals surface area contributed by atoms with E-state index < -0.39 is 12.0 Å². The highest BCUT2D eigenvalue weighted by molar-refractivity contribution is 6.35. The van der Waals surface area contributed by atoms with Crippen LogP contribution in [0.1, 0.15) is 0 Å². The van der Waals surface area contributed by atoms with Gasteiger partial charge in [0.05, 0.1) is 5.02 Å². The van der Waals surface area contributed by atoms with E-state index in [-0.39, 0.29) is 12.4 Å². The number of hydrogen-bond donors (Lipinski definition) is 2. The van der Waals surface area contributed by atoms with Gasteiger partial charge in [0, 0.05) is 16.8 Å². The molecule has 3 N–H and O–H groups in total. The molecule has 0 spiro atoms. The molecular weight excluding hydrogens is 343 g/mol. The third kappa shape index (κ3) is 5.36. The minimum absolute atomic E-state index is 0.219. The van der Waals surface area contributed by atoms with Gasteiger partial charge in [-0.3, -0.25) is 4.79 Å². The number of nitrogens with one attached hydrogen (secondary N) is 1. The maximum Gasteiger partial charge on any atom is 0.409 e. The lowest BCUT2D eigenvalue weighted by Gasteiger charge is -2.09. The number of benzene rings is 2. The molecule has 0 aliphatic heterocycles. The van der Waals surface area contributed by atoms with Gasteiger partial charge in [-0.2, -0.15) is 0 Å². The molecule has 0 aliphatic carbocycles. The number of primary amides is 1. The second kappa shape index (κ2) is 7.71. The van der Waals surface area contributed by atoms with Gasteiger partial charge in [-0.1, -0.05) is 29.3 Å². The van der Waals surface area contributed by atoms with Crippen molar-refractivity contribution in [2.75, 3.05) is 11.9 Å². The number of hydrogen-bond acceptors (Lipinski definition) is 4. The molecule has 2 amide bonds. The van der Waals surface area contributed by atoms with Crippen LogP contribution in [0.25, 0.3) is 0 Å². The molecule has 120 valence electrons. The highest BCUT2D eigenvalue weighted by Crippen LogP contribution is 2.27. The van der Waals surface area contributed by atoms with Crippen molar-refractivity contribution in [3.05, 3.63) is 52.5 Å². The summed E-state index contributed by atoms with van der Waals surface area (Å²) in [5.74, 6) is 0.154. The first-order valence-electron chi connectivity index (χ1n) is 6.39. The predicted octanol–water partition coefficient (Wildman–Crippen LogP) is 3.47. The molecule has 8 heteroatoms. The summed E-state index contributed by atoms with van der Waals surface area (Å²) in [7, 11) is 0. The van der Waals surface area contributed by atoms with Crippen molar-refractivity contribution in [1.29, 1.82) is 0 Å². The molecule has 0 heterocycles. The minimum Gasteiger partial charge on any atom is -0.482 e. The number of amides is 2. The lowest BCUT2D eigenvalue weighted by molar-refractivity contribution is -0.118. The van der Waals surface area contributed by atoms with Gasteiger partial charge in [-0.15, -0.1) is 0 Å². The van der Waals surface area contributed by atoms with Crippen molar-refractivity contribution < 1.29 is 19.1 Å². The van der Waals surface area contributed by atoms with Crippen molar-refractivity contribution >= 4 is 40.9 Å². The summed E-state index contributed by atoms with van der Waals surface area (Å²) in [6, 6.07) is 10.9. The smallest absolute Gasteiger partial charge is 0.409 e. The first-order valence-corrected chi connectivity index (χ1v) is 7.14. The molecule has 2 aromatic carbocycles. The van der Waals surface area contributed by atoms with E-state index in [0.717, 1.165) is 0 Å². The Morgan fingerprint density at radius 3 is 2.61 bits per heavy atom. The van der Waals surface area contributed by atoms with Crippen LogP contribution < -0.4 is 20.5 Å². The van der Waals surface area contributed by atoms with Crippen LogP contribution in [0.15, 0.2) is 42.5 Å². The van der Waals surface area contributed by atoms with E-state index in [1.54, 1.807) is 24.3 Å². The Balaban J connectivity index is 1.93. The number of nitrogens with two attached hydrogens (primary N) is 1. The maximum atomic E-state index is 11.9. The second-order valence-corrected chi connectivity index (χ2v) is 5.20. The number of carbonyl (C=O) groups is 2. The van der Waals surface area contributed by atoms with Crippen molar-refractivity contribution in [2.45, 2.75) is 0 Å². The standard InChI is InChI=1S/C15H12Cl2N2O4/c16-9-4-5-13(12(17)6-9)22-8-14(20)19-10-2-1-3-11(7-10)23-15(18)21/h1-7H,8H2,(H2,18,21)(H,19,20). The fourth-order valence-electron chi connectivity index (χ4n) is 1.69.